The molecule has 1 aromatic carbocycles. The molecule has 0 bridgehead atoms. The predicted molar refractivity (Wildman–Crippen MR) is 460 cm³/mol. The Kier molecular flexibility index (Phi) is 26.4. The second-order valence-corrected chi connectivity index (χ2v) is 38.5. The number of allylic oxidation sites excluding steroid dienone is 28. The summed E-state index contributed by atoms with van der Waals surface area (Å²) < 4.78 is 26.2. The molecule has 14 unspecified atom stereocenters. The Labute approximate surface area is 658 Å². The minimum atomic E-state index is -0.344. The third-order valence-electron chi connectivity index (χ3n) is 28.5. The SMILES string of the molecule is CCCCCCC1=CC(c2ccc(N(C3C=CC(C4C=CC(CC(C)C)=CC4)CC3)C3C=CC(C4C=CC(B5OC(C)(C)C(C)(C)O5)CC4)CC3)cc2C)C(CCCCCC)C=C1C1CC=C(N(C2=CC=C(C3=CCC(CC(C)C)C=C3)CC2)C2C=CC(C3C=CC(B4OC(C)(C)C(C)(C)O4)=CC3)CC2)C=C1C. The number of nitrogens with zero attached hydrogens (tertiary/aromatic N) is 2. The van der Waals surface area contributed by atoms with Gasteiger partial charge in [0.2, 0.25) is 0 Å². The van der Waals surface area contributed by atoms with Crippen molar-refractivity contribution in [3.8, 4) is 0 Å². The number of aryl methyl sites for hydroxylation is 1. The normalized spacial score (nSPS) is 32.0. The lowest BCUT2D eigenvalue weighted by atomic mass is 9.64. The van der Waals surface area contributed by atoms with Gasteiger partial charge < -0.3 is 28.4 Å². The zero-order valence-corrected chi connectivity index (χ0v) is 70.3. The van der Waals surface area contributed by atoms with Crippen molar-refractivity contribution in [3.05, 3.63) is 219 Å². The van der Waals surface area contributed by atoms with Crippen LogP contribution in [0.5, 0.6) is 0 Å². The minimum absolute atomic E-state index is 0.167. The zero-order valence-electron chi connectivity index (χ0n) is 70.3. The van der Waals surface area contributed by atoms with Crippen LogP contribution in [0.2, 0.25) is 5.82 Å². The molecule has 6 nitrogen and oxygen atoms in total. The first-order valence-electron chi connectivity index (χ1n) is 44.3. The molecule has 0 saturated carbocycles. The van der Waals surface area contributed by atoms with Crippen molar-refractivity contribution < 1.29 is 18.6 Å². The van der Waals surface area contributed by atoms with E-state index in [-0.39, 0.29) is 36.6 Å². The van der Waals surface area contributed by atoms with E-state index in [1.165, 1.54) is 166 Å². The summed E-state index contributed by atoms with van der Waals surface area (Å²) in [6.45, 7) is 36.5. The number of unbranched alkanes of at least 4 members (excludes halogenated alkanes) is 6. The average Bonchev–Trinajstić information content (AvgIpc) is 0.984. The lowest BCUT2D eigenvalue weighted by Gasteiger charge is -2.43. The highest BCUT2D eigenvalue weighted by Gasteiger charge is 2.55. The van der Waals surface area contributed by atoms with Crippen LogP contribution in [-0.4, -0.2) is 59.7 Å². The molecule has 8 heteroatoms. The Morgan fingerprint density at radius 3 is 1.69 bits per heavy atom. The highest BCUT2D eigenvalue weighted by atomic mass is 16.7. The quantitative estimate of drug-likeness (QED) is 0.0473. The topological polar surface area (TPSA) is 43.4 Å². The Morgan fingerprint density at radius 2 is 1.16 bits per heavy atom. The molecule has 14 atom stereocenters. The van der Waals surface area contributed by atoms with Crippen LogP contribution in [0.25, 0.3) is 0 Å². The summed E-state index contributed by atoms with van der Waals surface area (Å²) in [6.07, 6.45) is 90.1. The standard InChI is InChI=1S/C100H142B2N2O4/c1-17-19-21-23-25-83-67-96(94-62-60-92(66-72(94)8)104(88-53-41-80(42-54-88)76-33-29-74(30-34-76)64-70(5)6)90-57-45-82(46-58-90)78-37-49-86(50-38-78)102-107-99(13,14)100(15,16)108-102)84(26-24-22-20-18-2)68-95(83)93-61-59-91(65-71(93)7)103(87-51-39-79(40-52-87)75-31-27-73(28-32-75)63-69(3)4)89-55-43-81(44-56-89)77-35-47-85(48-36-77)101-105-97(9,10)98(11,12)106-101/h27-29,31,33-35,37,39,41,43,45,47,49-51,53,55,57,59-61,65-70,74-75,77-79,81-83,85,87,89-90,94-95H,17-26,30,32,36,38,40,42,44,46,48,52,54,56,58,62-64H2,1-16H3. The van der Waals surface area contributed by atoms with Gasteiger partial charge in [-0.3, -0.25) is 0 Å². The van der Waals surface area contributed by atoms with Crippen molar-refractivity contribution in [1.29, 1.82) is 0 Å². The average molecular weight is 1460 g/mol. The fourth-order valence-electron chi connectivity index (χ4n) is 20.6. The van der Waals surface area contributed by atoms with Crippen molar-refractivity contribution in [2.45, 2.75) is 330 Å². The van der Waals surface area contributed by atoms with E-state index in [1.807, 2.05) is 0 Å². The summed E-state index contributed by atoms with van der Waals surface area (Å²) in [5.41, 5.74) is 16.4. The molecule has 0 N–H and O–H groups in total. The van der Waals surface area contributed by atoms with Gasteiger partial charge in [-0.1, -0.05) is 231 Å². The maximum absolute atomic E-state index is 6.58. The monoisotopic (exact) mass is 1460 g/mol. The zero-order chi connectivity index (χ0) is 76.1. The molecule has 1 aromatic rings. The molecular formula is C100H142B2N2O4. The van der Waals surface area contributed by atoms with Crippen molar-refractivity contribution in [2.24, 2.45) is 65.1 Å². The van der Waals surface area contributed by atoms with Crippen molar-refractivity contribution >= 4 is 19.9 Å². The van der Waals surface area contributed by atoms with Crippen molar-refractivity contribution in [1.82, 2.24) is 4.90 Å². The van der Waals surface area contributed by atoms with Crippen LogP contribution in [0.4, 0.5) is 5.69 Å². The van der Waals surface area contributed by atoms with Gasteiger partial charge in [0.1, 0.15) is 0 Å². The van der Waals surface area contributed by atoms with Gasteiger partial charge >= 0.3 is 14.2 Å². The molecule has 2 fully saturated rings. The Balaban J connectivity index is 0.770. The van der Waals surface area contributed by atoms with Crippen LogP contribution < -0.4 is 4.90 Å². The third-order valence-corrected chi connectivity index (χ3v) is 28.5. The second kappa shape index (κ2) is 35.3. The van der Waals surface area contributed by atoms with Gasteiger partial charge in [-0.15, -0.1) is 0 Å². The second-order valence-electron chi connectivity index (χ2n) is 38.5. The number of hydrogen-bond donors (Lipinski definition) is 0. The van der Waals surface area contributed by atoms with Gasteiger partial charge in [0.05, 0.1) is 28.4 Å². The number of benzene rings is 1. The summed E-state index contributed by atoms with van der Waals surface area (Å²) in [4.78, 5) is 5.69. The fraction of sp³-hybridized carbons (Fsp3) is 0.620. The van der Waals surface area contributed by atoms with E-state index in [0.29, 0.717) is 89.0 Å². The third kappa shape index (κ3) is 18.8. The summed E-state index contributed by atoms with van der Waals surface area (Å²) in [5.74, 6) is 6.80. The van der Waals surface area contributed by atoms with Crippen LogP contribution in [0.1, 0.15) is 288 Å². The highest BCUT2D eigenvalue weighted by Crippen LogP contribution is 2.51. The van der Waals surface area contributed by atoms with Gasteiger partial charge in [0, 0.05) is 46.8 Å². The van der Waals surface area contributed by atoms with Gasteiger partial charge in [0.15, 0.2) is 0 Å². The molecule has 2 aliphatic heterocycles. The summed E-state index contributed by atoms with van der Waals surface area (Å²) in [5, 5.41) is 0. The molecule has 12 aliphatic rings. The Hall–Kier alpha value is -5.37. The molecule has 0 radical (unpaired) electrons. The van der Waals surface area contributed by atoms with Gasteiger partial charge in [-0.25, -0.2) is 0 Å². The molecule has 0 aromatic heterocycles. The first-order valence-corrected chi connectivity index (χ1v) is 44.3. The van der Waals surface area contributed by atoms with Crippen LogP contribution in [0, 0.1) is 72.0 Å². The van der Waals surface area contributed by atoms with Gasteiger partial charge in [-0.2, -0.15) is 0 Å². The summed E-state index contributed by atoms with van der Waals surface area (Å²) in [6, 6.07) is 8.85. The van der Waals surface area contributed by atoms with E-state index >= 15 is 0 Å². The van der Waals surface area contributed by atoms with Crippen molar-refractivity contribution in [3.63, 3.8) is 0 Å². The maximum atomic E-state index is 6.58. The van der Waals surface area contributed by atoms with Crippen LogP contribution in [0.3, 0.4) is 0 Å². The molecule has 13 rings (SSSR count). The van der Waals surface area contributed by atoms with E-state index in [9.17, 15) is 0 Å². The molecule has 0 spiro atoms. The first kappa shape index (κ1) is 80.7. The fourth-order valence-corrected chi connectivity index (χ4v) is 20.6. The van der Waals surface area contributed by atoms with E-state index in [1.54, 1.807) is 16.7 Å². The van der Waals surface area contributed by atoms with E-state index < -0.39 is 0 Å². The van der Waals surface area contributed by atoms with E-state index in [0.717, 1.165) is 57.3 Å². The Bertz CT molecular complexity index is 3800. The Morgan fingerprint density at radius 1 is 0.537 bits per heavy atom. The number of anilines is 1. The lowest BCUT2D eigenvalue weighted by Crippen LogP contribution is -2.44. The lowest BCUT2D eigenvalue weighted by molar-refractivity contribution is 0.00578. The van der Waals surface area contributed by atoms with Gasteiger partial charge in [0.25, 0.3) is 0 Å². The molecule has 2 saturated heterocycles. The van der Waals surface area contributed by atoms with Crippen LogP contribution in [0.15, 0.2) is 208 Å². The molecule has 10 aliphatic carbocycles. The van der Waals surface area contributed by atoms with E-state index in [2.05, 4.69) is 279 Å². The molecule has 0 amide bonds. The molecule has 582 valence electrons. The van der Waals surface area contributed by atoms with Crippen molar-refractivity contribution in [2.75, 3.05) is 4.90 Å². The summed E-state index contributed by atoms with van der Waals surface area (Å²) in [7, 11) is -0.474. The van der Waals surface area contributed by atoms with Crippen LogP contribution in [-0.2, 0) is 18.6 Å². The molecular weight excluding hydrogens is 1310 g/mol. The molecule has 2 heterocycles. The summed E-state index contributed by atoms with van der Waals surface area (Å²) >= 11 is 0. The highest BCUT2D eigenvalue weighted by molar-refractivity contribution is 6.55. The van der Waals surface area contributed by atoms with Crippen LogP contribution >= 0.6 is 0 Å². The minimum Gasteiger partial charge on any atom is -0.403 e. The maximum Gasteiger partial charge on any atom is 0.494 e. The largest absolute Gasteiger partial charge is 0.494 e. The van der Waals surface area contributed by atoms with E-state index in [4.69, 9.17) is 18.6 Å². The molecule has 108 heavy (non-hydrogen) atoms. The smallest absolute Gasteiger partial charge is 0.403 e. The van der Waals surface area contributed by atoms with Gasteiger partial charge in [-0.05, 0) is 314 Å². The first-order chi connectivity index (χ1) is 51.8. The number of rotatable bonds is 28. The predicted octanol–water partition coefficient (Wildman–Crippen LogP) is 26.7. The number of hydrogen-bond acceptors (Lipinski definition) is 6.